The van der Waals surface area contributed by atoms with Gasteiger partial charge in [-0.25, -0.2) is 0 Å². The molecule has 5 nitrogen and oxygen atoms in total. The monoisotopic (exact) mass is 362 g/mol. The van der Waals surface area contributed by atoms with Gasteiger partial charge in [-0.1, -0.05) is 44.4 Å². The Labute approximate surface area is 157 Å². The number of nitrogens with two attached hydrogens (primary N) is 1. The average molecular weight is 363 g/mol. The van der Waals surface area contributed by atoms with Gasteiger partial charge in [-0.2, -0.15) is 0 Å². The predicted molar refractivity (Wildman–Crippen MR) is 103 cm³/mol. The number of carbonyl (C=O) groups is 2. The van der Waals surface area contributed by atoms with Crippen LogP contribution in [0.25, 0.3) is 0 Å². The maximum atomic E-state index is 12.4. The first-order valence-corrected chi connectivity index (χ1v) is 9.70. The summed E-state index contributed by atoms with van der Waals surface area (Å²) in [7, 11) is 0. The van der Waals surface area contributed by atoms with Gasteiger partial charge in [-0.05, 0) is 44.7 Å². The summed E-state index contributed by atoms with van der Waals surface area (Å²) < 4.78 is 0. The molecule has 146 valence electrons. The number of amides is 1. The number of rotatable bonds is 11. The zero-order valence-electron chi connectivity index (χ0n) is 16.9. The first kappa shape index (κ1) is 22.2. The first-order chi connectivity index (χ1) is 12.3. The molecule has 1 aromatic carbocycles. The quantitative estimate of drug-likeness (QED) is 0.630. The Morgan fingerprint density at radius 1 is 1.15 bits per heavy atom. The van der Waals surface area contributed by atoms with Gasteiger partial charge < -0.3 is 20.5 Å². The standard InChI is InChI=1S/C21H34N2O3/c1-6-8-9-17(7-2)13-22-18(21(25)26)12-19(24)23-20-15(4)10-14(3)11-16(20)5/h10-11,17-18,22H,6-9,12-13H2,1-5H3,(H,23,24)(H,25,26)/t17-,18+/m0/s1. The molecule has 1 amide bonds. The van der Waals surface area contributed by atoms with Crippen molar-refractivity contribution in [1.29, 1.82) is 0 Å². The normalized spacial score (nSPS) is 13.3. The molecule has 26 heavy (non-hydrogen) atoms. The number of anilines is 1. The van der Waals surface area contributed by atoms with Crippen molar-refractivity contribution >= 4 is 17.6 Å². The van der Waals surface area contributed by atoms with Gasteiger partial charge in [-0.15, -0.1) is 0 Å². The Morgan fingerprint density at radius 3 is 2.27 bits per heavy atom. The Hall–Kier alpha value is -1.88. The molecule has 1 aromatic rings. The molecular formula is C21H34N2O3. The van der Waals surface area contributed by atoms with Crippen molar-refractivity contribution < 1.29 is 20.0 Å². The topological polar surface area (TPSA) is 85.8 Å². The van der Waals surface area contributed by atoms with E-state index in [0.29, 0.717) is 12.5 Å². The summed E-state index contributed by atoms with van der Waals surface area (Å²) in [4.78, 5) is 23.8. The van der Waals surface area contributed by atoms with Crippen molar-refractivity contribution in [3.05, 3.63) is 28.8 Å². The molecular weight excluding hydrogens is 328 g/mol. The summed E-state index contributed by atoms with van der Waals surface area (Å²) in [5.41, 5.74) is 3.87. The van der Waals surface area contributed by atoms with Crippen molar-refractivity contribution in [2.75, 3.05) is 11.9 Å². The lowest BCUT2D eigenvalue weighted by molar-refractivity contribution is -0.687. The number of hydrogen-bond donors (Lipinski definition) is 2. The summed E-state index contributed by atoms with van der Waals surface area (Å²) in [5, 5.41) is 16.1. The Morgan fingerprint density at radius 2 is 1.77 bits per heavy atom. The molecule has 5 heteroatoms. The summed E-state index contributed by atoms with van der Waals surface area (Å²) in [6.45, 7) is 10.9. The number of carbonyl (C=O) groups excluding carboxylic acids is 2. The number of carboxylic acids is 1. The van der Waals surface area contributed by atoms with Crippen LogP contribution in [0.2, 0.25) is 0 Å². The molecule has 2 atom stereocenters. The summed E-state index contributed by atoms with van der Waals surface area (Å²) >= 11 is 0. The molecule has 0 spiro atoms. The van der Waals surface area contributed by atoms with Crippen molar-refractivity contribution in [2.45, 2.75) is 72.8 Å². The third-order valence-corrected chi connectivity index (χ3v) is 4.95. The van der Waals surface area contributed by atoms with E-state index in [9.17, 15) is 14.7 Å². The van der Waals surface area contributed by atoms with Gasteiger partial charge in [0.2, 0.25) is 5.91 Å². The molecule has 3 N–H and O–H groups in total. The van der Waals surface area contributed by atoms with Crippen LogP contribution in [-0.2, 0) is 9.59 Å². The molecule has 1 rings (SSSR count). The van der Waals surface area contributed by atoms with E-state index in [1.54, 1.807) is 5.32 Å². The van der Waals surface area contributed by atoms with Crippen molar-refractivity contribution in [3.63, 3.8) is 0 Å². The van der Waals surface area contributed by atoms with Gasteiger partial charge in [-0.3, -0.25) is 4.79 Å². The van der Waals surface area contributed by atoms with Gasteiger partial charge >= 0.3 is 0 Å². The molecule has 0 bridgehead atoms. The highest BCUT2D eigenvalue weighted by molar-refractivity contribution is 5.94. The largest absolute Gasteiger partial charge is 0.544 e. The number of quaternary nitrogens is 1. The fraction of sp³-hybridized carbons (Fsp3) is 0.619. The maximum absolute atomic E-state index is 12.4. The van der Waals surface area contributed by atoms with E-state index < -0.39 is 12.0 Å². The summed E-state index contributed by atoms with van der Waals surface area (Å²) in [6, 6.07) is 3.16. The van der Waals surface area contributed by atoms with Crippen LogP contribution >= 0.6 is 0 Å². The number of carboxylic acid groups (broad SMARTS) is 1. The lowest BCUT2D eigenvalue weighted by atomic mass is 9.99. The van der Waals surface area contributed by atoms with E-state index in [1.807, 2.05) is 32.9 Å². The zero-order chi connectivity index (χ0) is 19.7. The lowest BCUT2D eigenvalue weighted by Gasteiger charge is -2.20. The van der Waals surface area contributed by atoms with Crippen LogP contribution < -0.4 is 15.7 Å². The van der Waals surface area contributed by atoms with Gasteiger partial charge in [0, 0.05) is 11.6 Å². The van der Waals surface area contributed by atoms with Gasteiger partial charge in [0.1, 0.15) is 6.04 Å². The fourth-order valence-corrected chi connectivity index (χ4v) is 3.37. The molecule has 0 saturated heterocycles. The van der Waals surface area contributed by atoms with Crippen LogP contribution in [0.15, 0.2) is 12.1 Å². The van der Waals surface area contributed by atoms with Crippen LogP contribution in [0, 0.1) is 26.7 Å². The van der Waals surface area contributed by atoms with Gasteiger partial charge in [0.05, 0.1) is 18.9 Å². The summed E-state index contributed by atoms with van der Waals surface area (Å²) in [5.74, 6) is -0.989. The zero-order valence-corrected chi connectivity index (χ0v) is 16.9. The van der Waals surface area contributed by atoms with E-state index in [2.05, 4.69) is 19.2 Å². The molecule has 0 heterocycles. The minimum absolute atomic E-state index is 0.0840. The number of hydrogen-bond acceptors (Lipinski definition) is 3. The third-order valence-electron chi connectivity index (χ3n) is 4.95. The van der Waals surface area contributed by atoms with Gasteiger partial charge in [0.15, 0.2) is 0 Å². The molecule has 0 aliphatic carbocycles. The number of nitrogens with one attached hydrogen (secondary N) is 1. The first-order valence-electron chi connectivity index (χ1n) is 9.70. The predicted octanol–water partition coefficient (Wildman–Crippen LogP) is 1.84. The van der Waals surface area contributed by atoms with Crippen molar-refractivity contribution in [2.24, 2.45) is 5.92 Å². The van der Waals surface area contributed by atoms with Crippen molar-refractivity contribution in [1.82, 2.24) is 0 Å². The minimum atomic E-state index is -1.18. The highest BCUT2D eigenvalue weighted by atomic mass is 16.4. The Balaban J connectivity index is 2.67. The van der Waals surface area contributed by atoms with Crippen molar-refractivity contribution in [3.8, 4) is 0 Å². The summed E-state index contributed by atoms with van der Waals surface area (Å²) in [6.07, 6.45) is 4.31. The van der Waals surface area contributed by atoms with Crippen LogP contribution in [0.3, 0.4) is 0 Å². The second-order valence-electron chi connectivity index (χ2n) is 7.34. The molecule has 0 unspecified atom stereocenters. The van der Waals surface area contributed by atoms with E-state index in [1.165, 1.54) is 0 Å². The number of unbranched alkanes of at least 4 members (excludes halogenated alkanes) is 1. The second kappa shape index (κ2) is 11.0. The van der Waals surface area contributed by atoms with E-state index >= 15 is 0 Å². The minimum Gasteiger partial charge on any atom is -0.544 e. The van der Waals surface area contributed by atoms with Gasteiger partial charge in [0.25, 0.3) is 0 Å². The third kappa shape index (κ3) is 7.16. The average Bonchev–Trinajstić information content (AvgIpc) is 2.56. The highest BCUT2D eigenvalue weighted by Gasteiger charge is 2.21. The molecule has 0 aliphatic heterocycles. The number of aliphatic carboxylic acids is 1. The molecule has 0 fully saturated rings. The van der Waals surface area contributed by atoms with Crippen LogP contribution in [0.1, 0.15) is 62.6 Å². The smallest absolute Gasteiger partial charge is 0.230 e. The maximum Gasteiger partial charge on any atom is 0.230 e. The van der Waals surface area contributed by atoms with Crippen LogP contribution in [0.4, 0.5) is 5.69 Å². The van der Waals surface area contributed by atoms with Crippen LogP contribution in [0.5, 0.6) is 0 Å². The Bertz CT molecular complexity index is 590. The highest BCUT2D eigenvalue weighted by Crippen LogP contribution is 2.22. The number of benzene rings is 1. The molecule has 0 radical (unpaired) electrons. The second-order valence-corrected chi connectivity index (χ2v) is 7.34. The molecule has 0 saturated carbocycles. The Kier molecular flexibility index (Phi) is 9.35. The lowest BCUT2D eigenvalue weighted by Crippen LogP contribution is -2.94. The van der Waals surface area contributed by atoms with Crippen LogP contribution in [-0.4, -0.2) is 24.5 Å². The SMILES string of the molecule is CCCC[C@H](CC)C[NH2+][C@H](CC(=O)Nc1c(C)cc(C)cc1C)C(=O)[O-]. The molecule has 0 aliphatic rings. The fourth-order valence-electron chi connectivity index (χ4n) is 3.37. The van der Waals surface area contributed by atoms with E-state index in [0.717, 1.165) is 48.1 Å². The van der Waals surface area contributed by atoms with E-state index in [-0.39, 0.29) is 12.3 Å². The van der Waals surface area contributed by atoms with E-state index in [4.69, 9.17) is 0 Å². The number of aryl methyl sites for hydroxylation is 3. The molecule has 0 aromatic heterocycles.